The van der Waals surface area contributed by atoms with Crippen molar-refractivity contribution in [3.05, 3.63) is 34.7 Å². The lowest BCUT2D eigenvalue weighted by Gasteiger charge is -2.10. The fourth-order valence-corrected chi connectivity index (χ4v) is 4.94. The summed E-state index contributed by atoms with van der Waals surface area (Å²) >= 11 is 3.38. The Hall–Kier alpha value is -1.04. The Balaban J connectivity index is 1.78. The lowest BCUT2D eigenvalue weighted by molar-refractivity contribution is 0.0701. The molecule has 20 heavy (non-hydrogen) atoms. The van der Waals surface area contributed by atoms with Gasteiger partial charge in [0.05, 0.1) is 0 Å². The highest BCUT2D eigenvalue weighted by Gasteiger charge is 2.18. The number of carboxylic acids is 1. The average Bonchev–Trinajstić information content (AvgIpc) is 3.07. The molecule has 5 heteroatoms. The van der Waals surface area contributed by atoms with Crippen molar-refractivity contribution >= 4 is 39.2 Å². The summed E-state index contributed by atoms with van der Waals surface area (Å²) in [7, 11) is 0. The first-order valence-electron chi connectivity index (χ1n) is 6.78. The Morgan fingerprint density at radius 2 is 2.25 bits per heavy atom. The van der Waals surface area contributed by atoms with E-state index in [2.05, 4.69) is 5.32 Å². The molecule has 0 saturated carbocycles. The van der Waals surface area contributed by atoms with E-state index >= 15 is 0 Å². The summed E-state index contributed by atoms with van der Waals surface area (Å²) in [5.41, 5.74) is 0.934. The van der Waals surface area contributed by atoms with Gasteiger partial charge >= 0.3 is 5.97 Å². The largest absolute Gasteiger partial charge is 0.477 e. The van der Waals surface area contributed by atoms with Gasteiger partial charge in [-0.15, -0.1) is 11.3 Å². The summed E-state index contributed by atoms with van der Waals surface area (Å²) in [5.74, 6) is 2.40. The summed E-state index contributed by atoms with van der Waals surface area (Å²) in [6.07, 6.45) is 1.27. The van der Waals surface area contributed by atoms with Crippen molar-refractivity contribution < 1.29 is 9.90 Å². The lowest BCUT2D eigenvalue weighted by Crippen LogP contribution is -2.22. The lowest BCUT2D eigenvalue weighted by atomic mass is 10.1. The third-order valence-corrected chi connectivity index (χ3v) is 6.08. The molecule has 1 saturated heterocycles. The van der Waals surface area contributed by atoms with Crippen LogP contribution in [-0.2, 0) is 6.54 Å². The molecule has 0 spiro atoms. The zero-order valence-electron chi connectivity index (χ0n) is 11.1. The van der Waals surface area contributed by atoms with Crippen LogP contribution in [0, 0.1) is 5.92 Å². The number of aromatic carboxylic acids is 1. The Morgan fingerprint density at radius 1 is 1.40 bits per heavy atom. The summed E-state index contributed by atoms with van der Waals surface area (Å²) in [4.78, 5) is 11.9. The third-order valence-electron chi connectivity index (χ3n) is 3.65. The molecule has 3 rings (SSSR count). The minimum Gasteiger partial charge on any atom is -0.477 e. The number of thioether (sulfide) groups is 1. The first-order valence-corrected chi connectivity index (χ1v) is 8.75. The van der Waals surface area contributed by atoms with E-state index < -0.39 is 5.97 Å². The van der Waals surface area contributed by atoms with Gasteiger partial charge in [-0.3, -0.25) is 0 Å². The van der Waals surface area contributed by atoms with Crippen LogP contribution < -0.4 is 5.32 Å². The second-order valence-corrected chi connectivity index (χ2v) is 7.27. The summed E-state index contributed by atoms with van der Waals surface area (Å²) < 4.78 is 1.05. The zero-order valence-corrected chi connectivity index (χ0v) is 12.7. The molecule has 2 N–H and O–H groups in total. The second-order valence-electron chi connectivity index (χ2n) is 5.07. The van der Waals surface area contributed by atoms with E-state index in [9.17, 15) is 9.90 Å². The maximum Gasteiger partial charge on any atom is 0.346 e. The van der Waals surface area contributed by atoms with E-state index in [0.717, 1.165) is 28.1 Å². The number of thiophene rings is 1. The number of rotatable bonds is 5. The Kier molecular flexibility index (Phi) is 4.29. The van der Waals surface area contributed by atoms with Gasteiger partial charge in [0.25, 0.3) is 0 Å². The monoisotopic (exact) mass is 307 g/mol. The predicted octanol–water partition coefficient (Wildman–Crippen LogP) is 3.44. The molecule has 106 valence electrons. The fraction of sp³-hybridized carbons (Fsp3) is 0.400. The van der Waals surface area contributed by atoms with Crippen LogP contribution >= 0.6 is 23.1 Å². The molecule has 2 heterocycles. The van der Waals surface area contributed by atoms with Crippen molar-refractivity contribution in [1.82, 2.24) is 5.32 Å². The summed E-state index contributed by atoms with van der Waals surface area (Å²) in [6.45, 7) is 1.63. The summed E-state index contributed by atoms with van der Waals surface area (Å²) in [5, 5.41) is 13.9. The number of carboxylic acid groups (broad SMARTS) is 1. The number of hydrogen-bond donors (Lipinski definition) is 2. The molecule has 1 atom stereocenters. The molecular weight excluding hydrogens is 290 g/mol. The highest BCUT2D eigenvalue weighted by Crippen LogP contribution is 2.31. The topological polar surface area (TPSA) is 49.3 Å². The Labute approximate surface area is 126 Å². The van der Waals surface area contributed by atoms with Crippen LogP contribution in [0.25, 0.3) is 10.1 Å². The average molecular weight is 307 g/mol. The number of benzene rings is 1. The molecule has 1 aromatic carbocycles. The van der Waals surface area contributed by atoms with Gasteiger partial charge in [0.2, 0.25) is 0 Å². The van der Waals surface area contributed by atoms with Gasteiger partial charge in [-0.2, -0.15) is 11.8 Å². The van der Waals surface area contributed by atoms with Gasteiger partial charge in [0.1, 0.15) is 4.88 Å². The number of hydrogen-bond acceptors (Lipinski definition) is 4. The van der Waals surface area contributed by atoms with Gasteiger partial charge in [0.15, 0.2) is 0 Å². The third kappa shape index (κ3) is 2.85. The molecule has 1 aliphatic heterocycles. The van der Waals surface area contributed by atoms with E-state index in [1.54, 1.807) is 0 Å². The van der Waals surface area contributed by atoms with E-state index in [-0.39, 0.29) is 0 Å². The van der Waals surface area contributed by atoms with Crippen LogP contribution in [0.5, 0.6) is 0 Å². The molecule has 0 aliphatic carbocycles. The van der Waals surface area contributed by atoms with E-state index in [0.29, 0.717) is 11.4 Å². The molecule has 0 amide bonds. The van der Waals surface area contributed by atoms with Crippen LogP contribution in [0.2, 0.25) is 0 Å². The van der Waals surface area contributed by atoms with Gasteiger partial charge in [0, 0.05) is 11.2 Å². The number of carbonyl (C=O) groups is 1. The number of nitrogens with one attached hydrogen (secondary N) is 1. The molecule has 0 radical (unpaired) electrons. The quantitative estimate of drug-likeness (QED) is 0.888. The smallest absolute Gasteiger partial charge is 0.346 e. The highest BCUT2D eigenvalue weighted by molar-refractivity contribution is 7.99. The normalized spacial score (nSPS) is 18.7. The minimum absolute atomic E-state index is 0.472. The first-order chi connectivity index (χ1) is 9.75. The maximum absolute atomic E-state index is 11.4. The van der Waals surface area contributed by atoms with Crippen molar-refractivity contribution in [2.75, 3.05) is 18.1 Å². The van der Waals surface area contributed by atoms with E-state index in [4.69, 9.17) is 0 Å². The van der Waals surface area contributed by atoms with Crippen LogP contribution in [-0.4, -0.2) is 29.1 Å². The van der Waals surface area contributed by atoms with Crippen LogP contribution in [0.1, 0.15) is 21.7 Å². The van der Waals surface area contributed by atoms with Crippen LogP contribution in [0.15, 0.2) is 24.3 Å². The molecule has 3 nitrogen and oxygen atoms in total. The molecule has 1 unspecified atom stereocenters. The Bertz CT molecular complexity index is 617. The first kappa shape index (κ1) is 13.9. The molecule has 1 aliphatic rings. The van der Waals surface area contributed by atoms with Crippen molar-refractivity contribution in [3.8, 4) is 0 Å². The summed E-state index contributed by atoms with van der Waals surface area (Å²) in [6, 6.07) is 7.93. The van der Waals surface area contributed by atoms with Gasteiger partial charge in [-0.1, -0.05) is 18.2 Å². The van der Waals surface area contributed by atoms with E-state index in [1.165, 1.54) is 29.3 Å². The SMILES string of the molecule is O=C(O)c1sc2ccccc2c1CNCC1CCSC1. The second kappa shape index (κ2) is 6.16. The standard InChI is InChI=1S/C15H17NO2S2/c17-15(18)14-12(8-16-7-10-5-6-19-9-10)11-3-1-2-4-13(11)20-14/h1-4,10,16H,5-9H2,(H,17,18). The highest BCUT2D eigenvalue weighted by atomic mass is 32.2. The Morgan fingerprint density at radius 3 is 3.00 bits per heavy atom. The van der Waals surface area contributed by atoms with Crippen molar-refractivity contribution in [3.63, 3.8) is 0 Å². The van der Waals surface area contributed by atoms with Crippen LogP contribution in [0.4, 0.5) is 0 Å². The minimum atomic E-state index is -0.820. The van der Waals surface area contributed by atoms with E-state index in [1.807, 2.05) is 36.0 Å². The predicted molar refractivity (Wildman–Crippen MR) is 85.9 cm³/mol. The maximum atomic E-state index is 11.4. The van der Waals surface area contributed by atoms with Gasteiger partial charge in [-0.25, -0.2) is 4.79 Å². The molecule has 2 aromatic rings. The fourth-order valence-electron chi connectivity index (χ4n) is 2.59. The zero-order chi connectivity index (χ0) is 13.9. The van der Waals surface area contributed by atoms with Crippen molar-refractivity contribution in [2.45, 2.75) is 13.0 Å². The molecule has 1 aromatic heterocycles. The van der Waals surface area contributed by atoms with Gasteiger partial charge < -0.3 is 10.4 Å². The molecule has 0 bridgehead atoms. The van der Waals surface area contributed by atoms with Gasteiger partial charge in [-0.05, 0) is 47.4 Å². The molecule has 1 fully saturated rings. The van der Waals surface area contributed by atoms with Crippen molar-refractivity contribution in [2.24, 2.45) is 5.92 Å². The van der Waals surface area contributed by atoms with Crippen LogP contribution in [0.3, 0.4) is 0 Å². The molecular formula is C15H17NO2S2. The van der Waals surface area contributed by atoms with Crippen molar-refractivity contribution in [1.29, 1.82) is 0 Å². The number of fused-ring (bicyclic) bond motifs is 1.